The molecule has 0 aliphatic carbocycles. The molecule has 0 radical (unpaired) electrons. The maximum atomic E-state index is 11.1. The normalized spacial score (nSPS) is 13.9. The minimum atomic E-state index is -4.06. The topological polar surface area (TPSA) is 82.1 Å². The van der Waals surface area contributed by atoms with Gasteiger partial charge in [-0.3, -0.25) is 9.42 Å². The molecule has 0 amide bonds. The van der Waals surface area contributed by atoms with Crippen LogP contribution in [-0.4, -0.2) is 25.1 Å². The lowest BCUT2D eigenvalue weighted by Crippen LogP contribution is -2.00. The van der Waals surface area contributed by atoms with E-state index in [4.69, 9.17) is 4.89 Å². The lowest BCUT2D eigenvalue weighted by molar-refractivity contribution is 0.0600. The Kier molecular flexibility index (Phi) is 4.06. The molecule has 0 aliphatic heterocycles. The third-order valence-electron chi connectivity index (χ3n) is 1.73. The maximum absolute atomic E-state index is 11.1. The van der Waals surface area contributed by atoms with Crippen LogP contribution < -0.4 is 4.52 Å². The number of phosphoric acid groups is 1. The van der Waals surface area contributed by atoms with E-state index in [0.717, 1.165) is 7.11 Å². The van der Waals surface area contributed by atoms with Crippen LogP contribution in [0.5, 0.6) is 5.75 Å². The van der Waals surface area contributed by atoms with Crippen molar-refractivity contribution in [2.75, 3.05) is 14.2 Å². The second-order valence-corrected chi connectivity index (χ2v) is 4.24. The number of hydrogen-bond acceptors (Lipinski definition) is 5. The average molecular weight is 246 g/mol. The summed E-state index contributed by atoms with van der Waals surface area (Å²) in [7, 11) is -1.73. The molecule has 6 nitrogen and oxygen atoms in total. The third kappa shape index (κ3) is 3.34. The van der Waals surface area contributed by atoms with E-state index in [1.807, 2.05) is 0 Å². The van der Waals surface area contributed by atoms with E-state index in [-0.39, 0.29) is 5.75 Å². The van der Waals surface area contributed by atoms with Crippen molar-refractivity contribution in [3.05, 3.63) is 29.8 Å². The van der Waals surface area contributed by atoms with Gasteiger partial charge in [0.25, 0.3) is 0 Å². The molecular formula is C9H11O6P. The quantitative estimate of drug-likeness (QED) is 0.641. The molecule has 1 aromatic carbocycles. The first kappa shape index (κ1) is 12.7. The summed E-state index contributed by atoms with van der Waals surface area (Å²) in [6.07, 6.45) is 0. The second-order valence-electron chi connectivity index (χ2n) is 2.76. The van der Waals surface area contributed by atoms with Gasteiger partial charge in [0.2, 0.25) is 0 Å². The smallest absolute Gasteiger partial charge is 0.465 e. The van der Waals surface area contributed by atoms with Gasteiger partial charge in [-0.15, -0.1) is 0 Å². The van der Waals surface area contributed by atoms with Crippen molar-refractivity contribution in [1.29, 1.82) is 0 Å². The number of benzene rings is 1. The Balaban J connectivity index is 2.80. The molecule has 1 aromatic rings. The van der Waals surface area contributed by atoms with E-state index in [1.165, 1.54) is 31.4 Å². The van der Waals surface area contributed by atoms with E-state index in [9.17, 15) is 9.36 Å². The van der Waals surface area contributed by atoms with Gasteiger partial charge >= 0.3 is 13.8 Å². The van der Waals surface area contributed by atoms with Gasteiger partial charge in [0, 0.05) is 7.11 Å². The minimum Gasteiger partial charge on any atom is -0.465 e. The van der Waals surface area contributed by atoms with E-state index in [0.29, 0.717) is 5.56 Å². The highest BCUT2D eigenvalue weighted by molar-refractivity contribution is 7.47. The van der Waals surface area contributed by atoms with E-state index >= 15 is 0 Å². The predicted octanol–water partition coefficient (Wildman–Crippen LogP) is 1.60. The molecule has 0 spiro atoms. The summed E-state index contributed by atoms with van der Waals surface area (Å²) in [6.45, 7) is 0. The first-order valence-corrected chi connectivity index (χ1v) is 5.74. The van der Waals surface area contributed by atoms with Crippen molar-refractivity contribution in [3.8, 4) is 5.75 Å². The number of hydrogen-bond donors (Lipinski definition) is 1. The van der Waals surface area contributed by atoms with Crippen LogP contribution in [0.25, 0.3) is 0 Å². The molecule has 0 bridgehead atoms. The molecule has 0 heterocycles. The Labute approximate surface area is 92.4 Å². The van der Waals surface area contributed by atoms with Gasteiger partial charge < -0.3 is 9.26 Å². The molecule has 0 saturated carbocycles. The number of methoxy groups -OCH3 is 1. The maximum Gasteiger partial charge on any atom is 0.527 e. The predicted molar refractivity (Wildman–Crippen MR) is 55.2 cm³/mol. The van der Waals surface area contributed by atoms with Crippen molar-refractivity contribution in [1.82, 2.24) is 0 Å². The van der Waals surface area contributed by atoms with Gasteiger partial charge in [0.15, 0.2) is 0 Å². The first-order valence-electron chi connectivity index (χ1n) is 4.25. The molecule has 0 aliphatic rings. The number of ether oxygens (including phenoxy) is 1. The highest BCUT2D eigenvalue weighted by atomic mass is 31.2. The van der Waals surface area contributed by atoms with Gasteiger partial charge in [0.1, 0.15) is 5.75 Å². The SMILES string of the molecule is COC(=O)c1ccc(OP(=O)(O)OC)cc1. The Morgan fingerprint density at radius 2 is 1.81 bits per heavy atom. The summed E-state index contributed by atoms with van der Waals surface area (Å²) >= 11 is 0. The molecule has 16 heavy (non-hydrogen) atoms. The van der Waals surface area contributed by atoms with Crippen molar-refractivity contribution < 1.29 is 28.0 Å². The van der Waals surface area contributed by atoms with Gasteiger partial charge in [0.05, 0.1) is 12.7 Å². The second kappa shape index (κ2) is 5.12. The fourth-order valence-electron chi connectivity index (χ4n) is 0.940. The number of carbonyl (C=O) groups is 1. The van der Waals surface area contributed by atoms with Crippen LogP contribution in [-0.2, 0) is 13.8 Å². The Morgan fingerprint density at radius 1 is 1.25 bits per heavy atom. The zero-order valence-corrected chi connectivity index (χ0v) is 9.64. The highest BCUT2D eigenvalue weighted by Crippen LogP contribution is 2.42. The molecule has 88 valence electrons. The van der Waals surface area contributed by atoms with Crippen molar-refractivity contribution >= 4 is 13.8 Å². The number of phosphoric ester groups is 1. The molecule has 1 unspecified atom stereocenters. The number of carbonyl (C=O) groups excluding carboxylic acids is 1. The summed E-state index contributed by atoms with van der Waals surface area (Å²) in [5.41, 5.74) is 0.319. The molecule has 1 rings (SSSR count). The minimum absolute atomic E-state index is 0.125. The fourth-order valence-corrected chi connectivity index (χ4v) is 1.40. The van der Waals surface area contributed by atoms with Gasteiger partial charge in [-0.1, -0.05) is 0 Å². The largest absolute Gasteiger partial charge is 0.527 e. The third-order valence-corrected chi connectivity index (χ3v) is 2.63. The molecule has 7 heteroatoms. The lowest BCUT2D eigenvalue weighted by atomic mass is 10.2. The molecule has 0 saturated heterocycles. The van der Waals surface area contributed by atoms with Gasteiger partial charge in [-0.05, 0) is 24.3 Å². The Hall–Kier alpha value is -1.36. The summed E-state index contributed by atoms with van der Waals surface area (Å²) in [5.74, 6) is -0.370. The fraction of sp³-hybridized carbons (Fsp3) is 0.222. The van der Waals surface area contributed by atoms with Crippen LogP contribution in [0.2, 0.25) is 0 Å². The molecule has 1 atom stereocenters. The van der Waals surface area contributed by atoms with Crippen LogP contribution >= 0.6 is 7.82 Å². The average Bonchev–Trinajstić information content (AvgIpc) is 2.28. The molecule has 0 aromatic heterocycles. The first-order chi connectivity index (χ1) is 7.48. The molecule has 1 N–H and O–H groups in total. The van der Waals surface area contributed by atoms with Gasteiger partial charge in [-0.25, -0.2) is 9.36 Å². The summed E-state index contributed by atoms with van der Waals surface area (Å²) < 4.78 is 24.4. The zero-order valence-electron chi connectivity index (χ0n) is 8.75. The van der Waals surface area contributed by atoms with Crippen LogP contribution in [0, 0.1) is 0 Å². The van der Waals surface area contributed by atoms with Gasteiger partial charge in [-0.2, -0.15) is 0 Å². The summed E-state index contributed by atoms with van der Waals surface area (Å²) in [6, 6.07) is 5.57. The Morgan fingerprint density at radius 3 is 2.25 bits per heavy atom. The monoisotopic (exact) mass is 246 g/mol. The molecular weight excluding hydrogens is 235 g/mol. The standard InChI is InChI=1S/C9H11O6P/c1-13-9(10)7-3-5-8(6-4-7)15-16(11,12)14-2/h3-6H,1-2H3,(H,11,12). The van der Waals surface area contributed by atoms with Crippen molar-refractivity contribution in [2.45, 2.75) is 0 Å². The zero-order chi connectivity index (χ0) is 12.2. The highest BCUT2D eigenvalue weighted by Gasteiger charge is 2.20. The lowest BCUT2D eigenvalue weighted by Gasteiger charge is -2.10. The summed E-state index contributed by atoms with van der Waals surface area (Å²) in [5, 5.41) is 0. The van der Waals surface area contributed by atoms with Crippen LogP contribution in [0.4, 0.5) is 0 Å². The Bertz CT molecular complexity index is 413. The number of rotatable bonds is 4. The van der Waals surface area contributed by atoms with Crippen LogP contribution in [0.15, 0.2) is 24.3 Å². The van der Waals surface area contributed by atoms with Crippen molar-refractivity contribution in [2.24, 2.45) is 0 Å². The van der Waals surface area contributed by atoms with Crippen molar-refractivity contribution in [3.63, 3.8) is 0 Å². The molecule has 0 fully saturated rings. The van der Waals surface area contributed by atoms with Crippen LogP contribution in [0.3, 0.4) is 0 Å². The van der Waals surface area contributed by atoms with E-state index < -0.39 is 13.8 Å². The van der Waals surface area contributed by atoms with E-state index in [2.05, 4.69) is 13.8 Å². The van der Waals surface area contributed by atoms with E-state index in [1.54, 1.807) is 0 Å². The number of esters is 1. The summed E-state index contributed by atoms with van der Waals surface area (Å²) in [4.78, 5) is 20.1. The van der Waals surface area contributed by atoms with Crippen LogP contribution in [0.1, 0.15) is 10.4 Å².